The van der Waals surface area contributed by atoms with Gasteiger partial charge in [0.1, 0.15) is 0 Å². The van der Waals surface area contributed by atoms with E-state index in [1.165, 1.54) is 38.5 Å². The molecule has 5 nitrogen and oxygen atoms in total. The molecule has 0 unspecified atom stereocenters. The van der Waals surface area contributed by atoms with E-state index in [-0.39, 0.29) is 19.3 Å². The molecule has 0 aromatic heterocycles. The quantitative estimate of drug-likeness (QED) is 0.313. The van der Waals surface area contributed by atoms with E-state index in [1.807, 2.05) is 0 Å². The van der Waals surface area contributed by atoms with Crippen molar-refractivity contribution in [3.63, 3.8) is 0 Å². The van der Waals surface area contributed by atoms with Gasteiger partial charge >= 0.3 is 5.97 Å². The highest BCUT2D eigenvalue weighted by molar-refractivity contribution is 5.86. The van der Waals surface area contributed by atoms with Gasteiger partial charge in [0.2, 0.25) is 0 Å². The first kappa shape index (κ1) is 19.6. The molecule has 0 heterocycles. The fourth-order valence-electron chi connectivity index (χ4n) is 2.00. The minimum atomic E-state index is -0.581. The smallest absolute Gasteiger partial charge is 0.331 e. The Bertz CT molecular complexity index is 305. The lowest BCUT2D eigenvalue weighted by molar-refractivity contribution is -0.196. The summed E-state index contributed by atoms with van der Waals surface area (Å²) in [4.78, 5) is 38.0. The number of imide groups is 1. The van der Waals surface area contributed by atoms with E-state index in [2.05, 4.69) is 11.8 Å². The monoisotopic (exact) mass is 299 g/mol. The molecular formula is C16H29NO4. The van der Waals surface area contributed by atoms with Crippen molar-refractivity contribution < 1.29 is 19.2 Å². The summed E-state index contributed by atoms with van der Waals surface area (Å²) in [5.41, 5.74) is 0. The zero-order valence-electron chi connectivity index (χ0n) is 13.4. The molecule has 0 aromatic carbocycles. The highest BCUT2D eigenvalue weighted by atomic mass is 16.7. The van der Waals surface area contributed by atoms with Crippen LogP contribution in [0.1, 0.15) is 84.5 Å². The second-order valence-corrected chi connectivity index (χ2v) is 5.22. The number of hydroxylamine groups is 2. The molecule has 0 N–H and O–H groups in total. The summed E-state index contributed by atoms with van der Waals surface area (Å²) in [5, 5.41) is 0.510. The normalized spacial score (nSPS) is 10.2. The van der Waals surface area contributed by atoms with Gasteiger partial charge in [-0.3, -0.25) is 9.59 Å². The van der Waals surface area contributed by atoms with Crippen LogP contribution in [0.2, 0.25) is 0 Å². The molecule has 2 amide bonds. The maximum absolute atomic E-state index is 11.7. The van der Waals surface area contributed by atoms with Crippen molar-refractivity contribution >= 4 is 18.3 Å². The molecule has 0 aliphatic heterocycles. The van der Waals surface area contributed by atoms with Gasteiger partial charge in [-0.2, -0.15) is 0 Å². The largest absolute Gasteiger partial charge is 0.332 e. The Balaban J connectivity index is 3.59. The fourth-order valence-corrected chi connectivity index (χ4v) is 2.00. The Hall–Kier alpha value is -1.39. The Morgan fingerprint density at radius 3 is 1.90 bits per heavy atom. The molecule has 0 aliphatic carbocycles. The van der Waals surface area contributed by atoms with Gasteiger partial charge in [-0.15, -0.1) is 5.06 Å². The molecule has 0 radical (unpaired) electrons. The zero-order chi connectivity index (χ0) is 15.9. The summed E-state index contributed by atoms with van der Waals surface area (Å²) in [7, 11) is 0. The van der Waals surface area contributed by atoms with Crippen LogP contribution in [0.5, 0.6) is 0 Å². The van der Waals surface area contributed by atoms with Crippen LogP contribution in [0.25, 0.3) is 0 Å². The van der Waals surface area contributed by atoms with Gasteiger partial charge in [0.25, 0.3) is 12.3 Å². The molecule has 0 spiro atoms. The molecule has 0 bridgehead atoms. The van der Waals surface area contributed by atoms with E-state index in [0.29, 0.717) is 5.06 Å². The summed E-state index contributed by atoms with van der Waals surface area (Å²) in [6.07, 6.45) is 11.0. The Morgan fingerprint density at radius 1 is 0.905 bits per heavy atom. The molecule has 0 saturated carbocycles. The number of hydrogen-bond acceptors (Lipinski definition) is 4. The maximum Gasteiger partial charge on any atom is 0.332 e. The molecule has 0 rings (SSSR count). The van der Waals surface area contributed by atoms with Crippen LogP contribution in [0, 0.1) is 0 Å². The van der Waals surface area contributed by atoms with Crippen LogP contribution in [-0.4, -0.2) is 23.3 Å². The molecule has 0 saturated heterocycles. The van der Waals surface area contributed by atoms with Gasteiger partial charge < -0.3 is 4.84 Å². The van der Waals surface area contributed by atoms with Crippen LogP contribution >= 0.6 is 0 Å². The molecule has 0 atom stereocenters. The molecule has 122 valence electrons. The topological polar surface area (TPSA) is 63.7 Å². The number of nitrogens with zero attached hydrogens (tertiary/aromatic N) is 1. The average Bonchev–Trinajstić information content (AvgIpc) is 2.50. The van der Waals surface area contributed by atoms with Crippen LogP contribution < -0.4 is 0 Å². The standard InChI is InChI=1S/C16H29NO4/c1-3-5-6-7-8-9-10-11-12-13-15(19)17(14-18)21-16(20)4-2/h14H,3-13H2,1-2H3. The lowest BCUT2D eigenvalue weighted by Crippen LogP contribution is -2.32. The third-order valence-electron chi connectivity index (χ3n) is 3.32. The first-order chi connectivity index (χ1) is 10.2. The van der Waals surface area contributed by atoms with E-state index >= 15 is 0 Å². The molecule has 0 aromatic rings. The van der Waals surface area contributed by atoms with Gasteiger partial charge in [0, 0.05) is 12.8 Å². The Morgan fingerprint density at radius 2 is 1.43 bits per heavy atom. The van der Waals surface area contributed by atoms with Gasteiger partial charge in [-0.05, 0) is 6.42 Å². The van der Waals surface area contributed by atoms with Gasteiger partial charge in [-0.25, -0.2) is 4.79 Å². The number of amides is 2. The van der Waals surface area contributed by atoms with Gasteiger partial charge in [-0.1, -0.05) is 65.2 Å². The SMILES string of the molecule is CCCCCCCCCCCC(=O)N(C=O)OC(=O)CC. The summed E-state index contributed by atoms with van der Waals surface area (Å²) in [5.74, 6) is -1.03. The minimum absolute atomic E-state index is 0.135. The van der Waals surface area contributed by atoms with Crippen molar-refractivity contribution in [3.05, 3.63) is 0 Å². The fraction of sp³-hybridized carbons (Fsp3) is 0.812. The minimum Gasteiger partial charge on any atom is -0.331 e. The van der Waals surface area contributed by atoms with E-state index in [9.17, 15) is 14.4 Å². The first-order valence-electron chi connectivity index (χ1n) is 8.13. The molecule has 0 aliphatic rings. The number of carbonyl (C=O) groups is 3. The first-order valence-corrected chi connectivity index (χ1v) is 8.13. The predicted molar refractivity (Wildman–Crippen MR) is 81.1 cm³/mol. The van der Waals surface area contributed by atoms with Crippen LogP contribution in [0.3, 0.4) is 0 Å². The lowest BCUT2D eigenvalue weighted by Gasteiger charge is -2.13. The van der Waals surface area contributed by atoms with Crippen LogP contribution in [0.4, 0.5) is 0 Å². The summed E-state index contributed by atoms with van der Waals surface area (Å²) in [6.45, 7) is 3.81. The van der Waals surface area contributed by atoms with E-state index < -0.39 is 11.9 Å². The number of unbranched alkanes of at least 4 members (excludes halogenated alkanes) is 8. The molecule has 5 heteroatoms. The highest BCUT2D eigenvalue weighted by Crippen LogP contribution is 2.11. The second kappa shape index (κ2) is 13.6. The van der Waals surface area contributed by atoms with Crippen molar-refractivity contribution in [2.75, 3.05) is 0 Å². The Kier molecular flexibility index (Phi) is 12.7. The zero-order valence-corrected chi connectivity index (χ0v) is 13.4. The third-order valence-corrected chi connectivity index (χ3v) is 3.32. The highest BCUT2D eigenvalue weighted by Gasteiger charge is 2.16. The third kappa shape index (κ3) is 11.0. The van der Waals surface area contributed by atoms with Crippen molar-refractivity contribution in [1.29, 1.82) is 0 Å². The van der Waals surface area contributed by atoms with Gasteiger partial charge in [0.15, 0.2) is 0 Å². The summed E-state index contributed by atoms with van der Waals surface area (Å²) < 4.78 is 0. The average molecular weight is 299 g/mol. The molecule has 21 heavy (non-hydrogen) atoms. The second-order valence-electron chi connectivity index (χ2n) is 5.22. The Labute approximate surface area is 128 Å². The van der Waals surface area contributed by atoms with Crippen molar-refractivity contribution in [2.24, 2.45) is 0 Å². The van der Waals surface area contributed by atoms with Crippen molar-refractivity contribution in [2.45, 2.75) is 84.5 Å². The molecule has 0 fully saturated rings. The van der Waals surface area contributed by atoms with E-state index in [0.717, 1.165) is 19.3 Å². The van der Waals surface area contributed by atoms with Crippen molar-refractivity contribution in [1.82, 2.24) is 5.06 Å². The number of carbonyl (C=O) groups excluding carboxylic acids is 3. The lowest BCUT2D eigenvalue weighted by atomic mass is 10.1. The maximum atomic E-state index is 11.7. The number of rotatable bonds is 12. The number of hydrogen-bond donors (Lipinski definition) is 0. The summed E-state index contributed by atoms with van der Waals surface area (Å²) >= 11 is 0. The summed E-state index contributed by atoms with van der Waals surface area (Å²) in [6, 6.07) is 0. The van der Waals surface area contributed by atoms with E-state index in [1.54, 1.807) is 6.92 Å². The van der Waals surface area contributed by atoms with E-state index in [4.69, 9.17) is 0 Å². The van der Waals surface area contributed by atoms with Gasteiger partial charge in [0.05, 0.1) is 0 Å². The van der Waals surface area contributed by atoms with Crippen molar-refractivity contribution in [3.8, 4) is 0 Å². The predicted octanol–water partition coefficient (Wildman–Crippen LogP) is 3.76. The van der Waals surface area contributed by atoms with Crippen LogP contribution in [0.15, 0.2) is 0 Å². The van der Waals surface area contributed by atoms with Crippen LogP contribution in [-0.2, 0) is 19.2 Å². The molecular weight excluding hydrogens is 270 g/mol.